The van der Waals surface area contributed by atoms with Crippen LogP contribution in [0.4, 0.5) is 0 Å². The lowest BCUT2D eigenvalue weighted by molar-refractivity contribution is 0.303. The van der Waals surface area contributed by atoms with Gasteiger partial charge < -0.3 is 4.74 Å². The van der Waals surface area contributed by atoms with Gasteiger partial charge in [0.05, 0.1) is 20.6 Å². The van der Waals surface area contributed by atoms with Crippen LogP contribution in [0.25, 0.3) is 22.4 Å². The standard InChI is InChI=1S/C26H16Br2INO/c27-24-13-17(12-21(15-30)18-8-10-22(29)11-9-18)14-25(28)26(24)31-16-20-6-3-5-19-4-1-2-7-23(19)20/h1-14H,16H2/b21-12-. The molecular formula is C26H16Br2INO. The van der Waals surface area contributed by atoms with Gasteiger partial charge in [-0.05, 0) is 112 Å². The molecule has 0 bridgehead atoms. The highest BCUT2D eigenvalue weighted by molar-refractivity contribution is 14.1. The van der Waals surface area contributed by atoms with E-state index in [1.54, 1.807) is 0 Å². The molecule has 0 radical (unpaired) electrons. The van der Waals surface area contributed by atoms with Gasteiger partial charge in [-0.2, -0.15) is 5.26 Å². The normalized spacial score (nSPS) is 11.4. The summed E-state index contributed by atoms with van der Waals surface area (Å²) in [5.74, 6) is 0.734. The molecular weight excluding hydrogens is 629 g/mol. The fourth-order valence-electron chi connectivity index (χ4n) is 3.35. The largest absolute Gasteiger partial charge is 0.487 e. The van der Waals surface area contributed by atoms with Crippen molar-refractivity contribution < 1.29 is 4.74 Å². The lowest BCUT2D eigenvalue weighted by atomic mass is 10.0. The molecule has 4 rings (SSSR count). The molecule has 31 heavy (non-hydrogen) atoms. The Morgan fingerprint density at radius 3 is 2.32 bits per heavy atom. The molecule has 0 amide bonds. The average Bonchev–Trinajstić information content (AvgIpc) is 2.77. The third kappa shape index (κ3) is 5.20. The van der Waals surface area contributed by atoms with Crippen LogP contribution < -0.4 is 4.74 Å². The van der Waals surface area contributed by atoms with Gasteiger partial charge in [0.25, 0.3) is 0 Å². The van der Waals surface area contributed by atoms with Crippen molar-refractivity contribution in [3.05, 3.63) is 108 Å². The van der Waals surface area contributed by atoms with Crippen LogP contribution in [0.2, 0.25) is 0 Å². The predicted octanol–water partition coefficient (Wildman–Crippen LogP) is 8.61. The minimum Gasteiger partial charge on any atom is -0.487 e. The summed E-state index contributed by atoms with van der Waals surface area (Å²) in [5.41, 5.74) is 3.55. The first-order chi connectivity index (χ1) is 15.0. The Morgan fingerprint density at radius 1 is 0.935 bits per heavy atom. The summed E-state index contributed by atoms with van der Waals surface area (Å²) in [7, 11) is 0. The Hall–Kier alpha value is -2.14. The van der Waals surface area contributed by atoms with Crippen molar-refractivity contribution in [2.45, 2.75) is 6.61 Å². The zero-order chi connectivity index (χ0) is 21.8. The molecule has 0 aromatic heterocycles. The minimum absolute atomic E-state index is 0.458. The number of allylic oxidation sites excluding steroid dienone is 1. The van der Waals surface area contributed by atoms with Crippen molar-refractivity contribution >= 4 is 76.9 Å². The van der Waals surface area contributed by atoms with E-state index in [0.29, 0.717) is 12.2 Å². The van der Waals surface area contributed by atoms with Gasteiger partial charge in [0.15, 0.2) is 0 Å². The van der Waals surface area contributed by atoms with Gasteiger partial charge in [-0.15, -0.1) is 0 Å². The molecule has 0 fully saturated rings. The summed E-state index contributed by atoms with van der Waals surface area (Å²) in [6.45, 7) is 0.458. The van der Waals surface area contributed by atoms with E-state index in [2.05, 4.69) is 84.8 Å². The van der Waals surface area contributed by atoms with E-state index in [9.17, 15) is 5.26 Å². The second kappa shape index (κ2) is 9.99. The summed E-state index contributed by atoms with van der Waals surface area (Å²) in [6, 6.07) is 28.7. The number of nitrogens with zero attached hydrogens (tertiary/aromatic N) is 1. The molecule has 5 heteroatoms. The van der Waals surface area contributed by atoms with Crippen LogP contribution in [-0.2, 0) is 6.61 Å². The van der Waals surface area contributed by atoms with Crippen LogP contribution >= 0.6 is 54.5 Å². The van der Waals surface area contributed by atoms with Crippen molar-refractivity contribution in [1.29, 1.82) is 5.26 Å². The number of benzene rings is 4. The molecule has 0 heterocycles. The topological polar surface area (TPSA) is 33.0 Å². The molecule has 2 nitrogen and oxygen atoms in total. The highest BCUT2D eigenvalue weighted by Gasteiger charge is 2.11. The van der Waals surface area contributed by atoms with Crippen LogP contribution in [-0.4, -0.2) is 0 Å². The first-order valence-electron chi connectivity index (χ1n) is 9.51. The summed E-state index contributed by atoms with van der Waals surface area (Å²) in [4.78, 5) is 0. The number of halogens is 3. The summed E-state index contributed by atoms with van der Waals surface area (Å²) < 4.78 is 8.96. The maximum Gasteiger partial charge on any atom is 0.148 e. The van der Waals surface area contributed by atoms with E-state index in [-0.39, 0.29) is 0 Å². The number of rotatable bonds is 5. The SMILES string of the molecule is N#C/C(=C/c1cc(Br)c(OCc2cccc3ccccc23)c(Br)c1)c1ccc(I)cc1. The van der Waals surface area contributed by atoms with Crippen LogP contribution in [0.3, 0.4) is 0 Å². The summed E-state index contributed by atoms with van der Waals surface area (Å²) >= 11 is 9.52. The number of nitriles is 1. The Bertz CT molecular complexity index is 1300. The lowest BCUT2D eigenvalue weighted by Crippen LogP contribution is -1.98. The highest BCUT2D eigenvalue weighted by Crippen LogP contribution is 2.36. The molecule has 0 spiro atoms. The van der Waals surface area contributed by atoms with Gasteiger partial charge in [-0.25, -0.2) is 0 Å². The maximum absolute atomic E-state index is 9.63. The Morgan fingerprint density at radius 2 is 1.61 bits per heavy atom. The van der Waals surface area contributed by atoms with Crippen molar-refractivity contribution in [3.63, 3.8) is 0 Å². The minimum atomic E-state index is 0.458. The molecule has 0 aliphatic rings. The zero-order valence-electron chi connectivity index (χ0n) is 16.3. The third-order valence-electron chi connectivity index (χ3n) is 4.86. The van der Waals surface area contributed by atoms with Crippen molar-refractivity contribution in [2.24, 2.45) is 0 Å². The number of ether oxygens (including phenoxy) is 1. The zero-order valence-corrected chi connectivity index (χ0v) is 21.6. The molecule has 0 saturated heterocycles. The molecule has 4 aromatic carbocycles. The quantitative estimate of drug-likeness (QED) is 0.124. The number of hydrogen-bond acceptors (Lipinski definition) is 2. The molecule has 152 valence electrons. The van der Waals surface area contributed by atoms with Crippen molar-refractivity contribution in [3.8, 4) is 11.8 Å². The molecule has 0 N–H and O–H groups in total. The van der Waals surface area contributed by atoms with Gasteiger partial charge in [0, 0.05) is 3.57 Å². The van der Waals surface area contributed by atoms with Gasteiger partial charge in [-0.3, -0.25) is 0 Å². The first kappa shape index (κ1) is 22.1. The van der Waals surface area contributed by atoms with Crippen LogP contribution in [0.1, 0.15) is 16.7 Å². The second-order valence-electron chi connectivity index (χ2n) is 6.92. The van der Waals surface area contributed by atoms with Gasteiger partial charge in [-0.1, -0.05) is 54.6 Å². The predicted molar refractivity (Wildman–Crippen MR) is 143 cm³/mol. The molecule has 0 unspecified atom stereocenters. The lowest BCUT2D eigenvalue weighted by Gasteiger charge is -2.13. The second-order valence-corrected chi connectivity index (χ2v) is 9.87. The third-order valence-corrected chi connectivity index (χ3v) is 6.76. The van der Waals surface area contributed by atoms with Gasteiger partial charge in [0.1, 0.15) is 12.4 Å². The van der Waals surface area contributed by atoms with E-state index >= 15 is 0 Å². The summed E-state index contributed by atoms with van der Waals surface area (Å²) in [6.07, 6.45) is 1.88. The van der Waals surface area contributed by atoms with E-state index in [1.165, 1.54) is 10.8 Å². The highest BCUT2D eigenvalue weighted by atomic mass is 127. The molecule has 0 atom stereocenters. The van der Waals surface area contributed by atoms with Crippen molar-refractivity contribution in [2.75, 3.05) is 0 Å². The van der Waals surface area contributed by atoms with E-state index in [1.807, 2.05) is 60.7 Å². The van der Waals surface area contributed by atoms with E-state index < -0.39 is 0 Å². The Kier molecular flexibility index (Phi) is 7.11. The molecule has 0 saturated carbocycles. The average molecular weight is 645 g/mol. The van der Waals surface area contributed by atoms with Crippen LogP contribution in [0.5, 0.6) is 5.75 Å². The molecule has 0 aliphatic heterocycles. The van der Waals surface area contributed by atoms with Gasteiger partial charge in [0.2, 0.25) is 0 Å². The number of hydrogen-bond donors (Lipinski definition) is 0. The van der Waals surface area contributed by atoms with Crippen LogP contribution in [0, 0.1) is 14.9 Å². The first-order valence-corrected chi connectivity index (χ1v) is 12.2. The fourth-order valence-corrected chi connectivity index (χ4v) is 5.16. The van der Waals surface area contributed by atoms with Gasteiger partial charge >= 0.3 is 0 Å². The fraction of sp³-hybridized carbons (Fsp3) is 0.0385. The maximum atomic E-state index is 9.63. The van der Waals surface area contributed by atoms with Crippen molar-refractivity contribution in [1.82, 2.24) is 0 Å². The molecule has 0 aliphatic carbocycles. The number of fused-ring (bicyclic) bond motifs is 1. The van der Waals surface area contributed by atoms with E-state index in [0.717, 1.165) is 35.0 Å². The summed E-state index contributed by atoms with van der Waals surface area (Å²) in [5, 5.41) is 12.0. The van der Waals surface area contributed by atoms with Crippen LogP contribution in [0.15, 0.2) is 87.8 Å². The molecule has 4 aromatic rings. The Balaban J connectivity index is 1.60. The monoisotopic (exact) mass is 643 g/mol. The smallest absolute Gasteiger partial charge is 0.148 e. The van der Waals surface area contributed by atoms with E-state index in [4.69, 9.17) is 4.74 Å². The Labute approximate surface area is 212 Å².